The van der Waals surface area contributed by atoms with E-state index in [1.54, 1.807) is 0 Å². The second-order valence-corrected chi connectivity index (χ2v) is 6.51. The van der Waals surface area contributed by atoms with Crippen molar-refractivity contribution in [1.82, 2.24) is 5.32 Å². The van der Waals surface area contributed by atoms with Crippen LogP contribution in [0.4, 0.5) is 8.78 Å². The third-order valence-electron chi connectivity index (χ3n) is 5.02. The summed E-state index contributed by atoms with van der Waals surface area (Å²) in [6.07, 6.45) is 4.86. The third-order valence-corrected chi connectivity index (χ3v) is 5.02. The predicted molar refractivity (Wildman–Crippen MR) is 87.4 cm³/mol. The number of nitrogens with one attached hydrogen (secondary N) is 1. The molecule has 0 saturated heterocycles. The molecule has 3 nitrogen and oxygen atoms in total. The SMILES string of the molecule is Cl.NCC1CCCCC1NC(=O)C1CC1c1cc(F)ccc1F. The Labute approximate surface area is 141 Å². The Hall–Kier alpha value is -1.20. The molecule has 0 radical (unpaired) electrons. The summed E-state index contributed by atoms with van der Waals surface area (Å²) in [6, 6.07) is 3.56. The minimum Gasteiger partial charge on any atom is -0.353 e. The van der Waals surface area contributed by atoms with Crippen LogP contribution in [0.3, 0.4) is 0 Å². The average molecular weight is 345 g/mol. The van der Waals surface area contributed by atoms with Crippen LogP contribution in [-0.2, 0) is 4.79 Å². The van der Waals surface area contributed by atoms with Gasteiger partial charge in [0.25, 0.3) is 0 Å². The fourth-order valence-electron chi connectivity index (χ4n) is 3.60. The van der Waals surface area contributed by atoms with E-state index >= 15 is 0 Å². The highest BCUT2D eigenvalue weighted by Crippen LogP contribution is 2.48. The molecular formula is C17H23ClF2N2O. The molecule has 0 heterocycles. The Kier molecular flexibility index (Phi) is 5.98. The van der Waals surface area contributed by atoms with Crippen LogP contribution in [0.25, 0.3) is 0 Å². The minimum absolute atomic E-state index is 0. The van der Waals surface area contributed by atoms with E-state index < -0.39 is 11.6 Å². The first-order chi connectivity index (χ1) is 10.6. The van der Waals surface area contributed by atoms with E-state index in [-0.39, 0.29) is 36.2 Å². The predicted octanol–water partition coefficient (Wildman–Crippen LogP) is 3.12. The molecule has 128 valence electrons. The first-order valence-corrected chi connectivity index (χ1v) is 8.05. The van der Waals surface area contributed by atoms with Gasteiger partial charge in [0.1, 0.15) is 11.6 Å². The van der Waals surface area contributed by atoms with Gasteiger partial charge in [0.15, 0.2) is 0 Å². The zero-order valence-electron chi connectivity index (χ0n) is 12.9. The molecule has 0 aliphatic heterocycles. The van der Waals surface area contributed by atoms with Crippen molar-refractivity contribution < 1.29 is 13.6 Å². The highest BCUT2D eigenvalue weighted by atomic mass is 35.5. The Morgan fingerprint density at radius 1 is 1.26 bits per heavy atom. The van der Waals surface area contributed by atoms with Crippen LogP contribution in [0, 0.1) is 23.5 Å². The molecule has 0 spiro atoms. The molecule has 4 unspecified atom stereocenters. The van der Waals surface area contributed by atoms with Gasteiger partial charge < -0.3 is 11.1 Å². The van der Waals surface area contributed by atoms with Gasteiger partial charge in [0.2, 0.25) is 5.91 Å². The number of benzene rings is 1. The highest BCUT2D eigenvalue weighted by molar-refractivity contribution is 5.85. The van der Waals surface area contributed by atoms with Crippen molar-refractivity contribution in [2.75, 3.05) is 6.54 Å². The summed E-state index contributed by atoms with van der Waals surface area (Å²) in [6.45, 7) is 0.581. The van der Waals surface area contributed by atoms with E-state index in [1.807, 2.05) is 0 Å². The molecule has 2 aliphatic rings. The average Bonchev–Trinajstić information content (AvgIpc) is 3.31. The number of hydrogen-bond donors (Lipinski definition) is 2. The molecule has 2 saturated carbocycles. The van der Waals surface area contributed by atoms with E-state index in [0.717, 1.165) is 37.8 Å². The molecule has 4 atom stereocenters. The van der Waals surface area contributed by atoms with E-state index in [1.165, 1.54) is 6.07 Å². The number of nitrogens with two attached hydrogens (primary N) is 1. The third kappa shape index (κ3) is 4.01. The van der Waals surface area contributed by atoms with Crippen LogP contribution in [0.1, 0.15) is 43.6 Å². The number of halogens is 3. The molecule has 1 amide bonds. The smallest absolute Gasteiger partial charge is 0.223 e. The van der Waals surface area contributed by atoms with Gasteiger partial charge in [-0.2, -0.15) is 0 Å². The lowest BCUT2D eigenvalue weighted by atomic mass is 9.84. The monoisotopic (exact) mass is 344 g/mol. The number of carbonyl (C=O) groups is 1. The summed E-state index contributed by atoms with van der Waals surface area (Å²) in [4.78, 5) is 12.3. The highest BCUT2D eigenvalue weighted by Gasteiger charge is 2.46. The van der Waals surface area contributed by atoms with Gasteiger partial charge in [0.05, 0.1) is 0 Å². The van der Waals surface area contributed by atoms with Crippen LogP contribution < -0.4 is 11.1 Å². The van der Waals surface area contributed by atoms with Crippen LogP contribution >= 0.6 is 12.4 Å². The van der Waals surface area contributed by atoms with Crippen LogP contribution in [0.5, 0.6) is 0 Å². The fraction of sp³-hybridized carbons (Fsp3) is 0.588. The van der Waals surface area contributed by atoms with Crippen molar-refractivity contribution in [1.29, 1.82) is 0 Å². The van der Waals surface area contributed by atoms with E-state index in [9.17, 15) is 13.6 Å². The van der Waals surface area contributed by atoms with Crippen molar-refractivity contribution in [2.24, 2.45) is 17.6 Å². The van der Waals surface area contributed by atoms with Gasteiger partial charge >= 0.3 is 0 Å². The second kappa shape index (κ2) is 7.58. The van der Waals surface area contributed by atoms with Crippen molar-refractivity contribution in [2.45, 2.75) is 44.1 Å². The molecule has 2 aliphatic carbocycles. The lowest BCUT2D eigenvalue weighted by Gasteiger charge is -2.31. The number of hydrogen-bond acceptors (Lipinski definition) is 2. The summed E-state index contributed by atoms with van der Waals surface area (Å²) in [5, 5.41) is 3.08. The molecule has 23 heavy (non-hydrogen) atoms. The second-order valence-electron chi connectivity index (χ2n) is 6.51. The van der Waals surface area contributed by atoms with E-state index in [2.05, 4.69) is 5.32 Å². The first-order valence-electron chi connectivity index (χ1n) is 8.05. The number of amides is 1. The van der Waals surface area contributed by atoms with Gasteiger partial charge in [0, 0.05) is 12.0 Å². The van der Waals surface area contributed by atoms with E-state index in [0.29, 0.717) is 24.4 Å². The normalized spacial score (nSPS) is 29.5. The lowest BCUT2D eigenvalue weighted by Crippen LogP contribution is -2.45. The molecule has 0 bridgehead atoms. The topological polar surface area (TPSA) is 55.1 Å². The first kappa shape index (κ1) is 18.1. The maximum Gasteiger partial charge on any atom is 0.223 e. The standard InChI is InChI=1S/C17H22F2N2O.ClH/c18-11-5-6-15(19)13(7-11)12-8-14(12)17(22)21-16-4-2-1-3-10(16)9-20;/h5-7,10,12,14,16H,1-4,8-9,20H2,(H,21,22);1H. The van der Waals surface area contributed by atoms with Crippen molar-refractivity contribution in [3.63, 3.8) is 0 Å². The van der Waals surface area contributed by atoms with Crippen LogP contribution in [0.2, 0.25) is 0 Å². The minimum atomic E-state index is -0.460. The fourth-order valence-corrected chi connectivity index (χ4v) is 3.60. The molecule has 3 N–H and O–H groups in total. The Bertz CT molecular complexity index is 570. The Morgan fingerprint density at radius 3 is 2.74 bits per heavy atom. The van der Waals surface area contributed by atoms with Gasteiger partial charge in [-0.05, 0) is 61.4 Å². The zero-order chi connectivity index (χ0) is 15.7. The number of rotatable bonds is 4. The Balaban J connectivity index is 0.00000192. The molecule has 0 aromatic heterocycles. The van der Waals surface area contributed by atoms with E-state index in [4.69, 9.17) is 5.73 Å². The molecule has 1 aromatic carbocycles. The molecule has 6 heteroatoms. The molecule has 3 rings (SSSR count). The number of carbonyl (C=O) groups excluding carboxylic acids is 1. The summed E-state index contributed by atoms with van der Waals surface area (Å²) in [5.74, 6) is -1.04. The summed E-state index contributed by atoms with van der Waals surface area (Å²) < 4.78 is 27.0. The largest absolute Gasteiger partial charge is 0.353 e. The van der Waals surface area contributed by atoms with Gasteiger partial charge in [-0.25, -0.2) is 8.78 Å². The summed E-state index contributed by atoms with van der Waals surface area (Å²) >= 11 is 0. The van der Waals surface area contributed by atoms with Crippen LogP contribution in [0.15, 0.2) is 18.2 Å². The maximum atomic E-state index is 13.8. The van der Waals surface area contributed by atoms with Gasteiger partial charge in [-0.3, -0.25) is 4.79 Å². The quantitative estimate of drug-likeness (QED) is 0.881. The van der Waals surface area contributed by atoms with Crippen molar-refractivity contribution >= 4 is 18.3 Å². The maximum absolute atomic E-state index is 13.8. The van der Waals surface area contributed by atoms with Gasteiger partial charge in [-0.1, -0.05) is 12.8 Å². The molecule has 1 aromatic rings. The molecule has 2 fully saturated rings. The molecular weight excluding hydrogens is 322 g/mol. The van der Waals surface area contributed by atoms with Crippen LogP contribution in [-0.4, -0.2) is 18.5 Å². The Morgan fingerprint density at radius 2 is 2.00 bits per heavy atom. The van der Waals surface area contributed by atoms with Crippen molar-refractivity contribution in [3.05, 3.63) is 35.4 Å². The summed E-state index contributed by atoms with van der Waals surface area (Å²) in [7, 11) is 0. The van der Waals surface area contributed by atoms with Gasteiger partial charge in [-0.15, -0.1) is 12.4 Å². The zero-order valence-corrected chi connectivity index (χ0v) is 13.8. The lowest BCUT2D eigenvalue weighted by molar-refractivity contribution is -0.123. The summed E-state index contributed by atoms with van der Waals surface area (Å²) in [5.41, 5.74) is 6.09. The van der Waals surface area contributed by atoms with Crippen molar-refractivity contribution in [3.8, 4) is 0 Å².